The van der Waals surface area contributed by atoms with Gasteiger partial charge in [-0.15, -0.1) is 0 Å². The fourth-order valence-corrected chi connectivity index (χ4v) is 4.56. The van der Waals surface area contributed by atoms with E-state index in [1.165, 1.54) is 26.0 Å². The Hall–Kier alpha value is -2.12. The van der Waals surface area contributed by atoms with Gasteiger partial charge >= 0.3 is 0 Å². The third-order valence-corrected chi connectivity index (χ3v) is 6.26. The molecule has 1 aliphatic rings. The Morgan fingerprint density at radius 3 is 2.63 bits per heavy atom. The van der Waals surface area contributed by atoms with E-state index < -0.39 is 15.8 Å². The number of piperidine rings is 1. The maximum Gasteiger partial charge on any atom is 0.244 e. The minimum absolute atomic E-state index is 0.110. The van der Waals surface area contributed by atoms with Crippen LogP contribution < -0.4 is 14.4 Å². The predicted molar refractivity (Wildman–Crippen MR) is 104 cm³/mol. The highest BCUT2D eigenvalue weighted by molar-refractivity contribution is 7.89. The first-order chi connectivity index (χ1) is 12.9. The summed E-state index contributed by atoms with van der Waals surface area (Å²) in [6, 6.07) is 11.3. The van der Waals surface area contributed by atoms with Gasteiger partial charge in [0.25, 0.3) is 0 Å². The number of hydrogen-bond donors (Lipinski definition) is 1. The van der Waals surface area contributed by atoms with Crippen LogP contribution in [0, 0.1) is 11.7 Å². The van der Waals surface area contributed by atoms with Gasteiger partial charge < -0.3 is 9.64 Å². The predicted octanol–water partition coefficient (Wildman–Crippen LogP) is 3.55. The van der Waals surface area contributed by atoms with Crippen molar-refractivity contribution < 1.29 is 17.5 Å². The smallest absolute Gasteiger partial charge is 0.244 e. The second-order valence-corrected chi connectivity index (χ2v) is 8.71. The van der Waals surface area contributed by atoms with Gasteiger partial charge in [0.05, 0.1) is 7.11 Å². The Morgan fingerprint density at radius 2 is 1.96 bits per heavy atom. The lowest BCUT2D eigenvalue weighted by molar-refractivity contribution is 0.400. The number of methoxy groups -OCH3 is 1. The fourth-order valence-electron chi connectivity index (χ4n) is 3.37. The summed E-state index contributed by atoms with van der Waals surface area (Å²) >= 11 is 0. The second kappa shape index (κ2) is 8.27. The number of benzene rings is 2. The Kier molecular flexibility index (Phi) is 6.01. The molecular weight excluding hydrogens is 367 g/mol. The molecule has 0 radical (unpaired) electrons. The Labute approximate surface area is 160 Å². The van der Waals surface area contributed by atoms with Crippen molar-refractivity contribution in [2.45, 2.75) is 31.2 Å². The van der Waals surface area contributed by atoms with Gasteiger partial charge in [-0.25, -0.2) is 17.5 Å². The van der Waals surface area contributed by atoms with E-state index in [-0.39, 0.29) is 17.2 Å². The summed E-state index contributed by atoms with van der Waals surface area (Å²) < 4.78 is 46.1. The molecule has 2 aromatic rings. The molecule has 27 heavy (non-hydrogen) atoms. The second-order valence-electron chi connectivity index (χ2n) is 6.98. The van der Waals surface area contributed by atoms with Crippen LogP contribution in [-0.2, 0) is 16.6 Å². The first kappa shape index (κ1) is 19.6. The molecular formula is C20H25FN2O3S. The van der Waals surface area contributed by atoms with Crippen molar-refractivity contribution in [1.82, 2.24) is 4.72 Å². The molecule has 0 spiro atoms. The normalized spacial score (nSPS) is 17.7. The third kappa shape index (κ3) is 4.78. The van der Waals surface area contributed by atoms with E-state index in [9.17, 15) is 12.8 Å². The topological polar surface area (TPSA) is 58.6 Å². The summed E-state index contributed by atoms with van der Waals surface area (Å²) in [4.78, 5) is 2.16. The lowest BCUT2D eigenvalue weighted by atomic mass is 9.99. The van der Waals surface area contributed by atoms with Gasteiger partial charge in [0.15, 0.2) is 0 Å². The van der Waals surface area contributed by atoms with E-state index in [1.54, 1.807) is 0 Å². The Bertz CT molecular complexity index is 885. The minimum Gasteiger partial charge on any atom is -0.495 e. The van der Waals surface area contributed by atoms with E-state index in [1.807, 2.05) is 24.3 Å². The van der Waals surface area contributed by atoms with Crippen LogP contribution in [0.2, 0.25) is 0 Å². The molecule has 0 unspecified atom stereocenters. The first-order valence-electron chi connectivity index (χ1n) is 9.06. The largest absolute Gasteiger partial charge is 0.495 e. The van der Waals surface area contributed by atoms with Crippen molar-refractivity contribution in [3.63, 3.8) is 0 Å². The highest BCUT2D eigenvalue weighted by atomic mass is 32.2. The number of anilines is 1. The van der Waals surface area contributed by atoms with Gasteiger partial charge in [-0.1, -0.05) is 19.1 Å². The van der Waals surface area contributed by atoms with Crippen LogP contribution in [0.5, 0.6) is 5.75 Å². The molecule has 5 nitrogen and oxygen atoms in total. The molecule has 1 heterocycles. The van der Waals surface area contributed by atoms with Gasteiger partial charge in [0.2, 0.25) is 10.0 Å². The van der Waals surface area contributed by atoms with Crippen LogP contribution in [0.1, 0.15) is 25.3 Å². The molecule has 1 fully saturated rings. The van der Waals surface area contributed by atoms with E-state index >= 15 is 0 Å². The van der Waals surface area contributed by atoms with Crippen LogP contribution in [0.15, 0.2) is 47.4 Å². The van der Waals surface area contributed by atoms with E-state index in [0.717, 1.165) is 36.5 Å². The van der Waals surface area contributed by atoms with Crippen molar-refractivity contribution in [2.75, 3.05) is 25.1 Å². The molecule has 1 saturated heterocycles. The van der Waals surface area contributed by atoms with Crippen LogP contribution >= 0.6 is 0 Å². The number of rotatable bonds is 6. The standard InChI is InChI=1S/C20H25FN2O3S/c1-15-4-3-11-23(14-15)18-8-5-16(6-9-18)13-22-27(24,25)20-12-17(21)7-10-19(20)26-2/h5-10,12,15,22H,3-4,11,13-14H2,1-2H3/t15-/m0/s1. The molecule has 1 atom stereocenters. The third-order valence-electron chi connectivity index (χ3n) is 4.84. The van der Waals surface area contributed by atoms with Crippen LogP contribution in [0.4, 0.5) is 10.1 Å². The van der Waals surface area contributed by atoms with Gasteiger partial charge in [-0.3, -0.25) is 0 Å². The lowest BCUT2D eigenvalue weighted by Gasteiger charge is -2.32. The fraction of sp³-hybridized carbons (Fsp3) is 0.400. The van der Waals surface area contributed by atoms with E-state index in [4.69, 9.17) is 4.74 Å². The average molecular weight is 392 g/mol. The quantitative estimate of drug-likeness (QED) is 0.817. The number of halogens is 1. The summed E-state index contributed by atoms with van der Waals surface area (Å²) in [6.45, 7) is 4.48. The molecule has 0 saturated carbocycles. The Morgan fingerprint density at radius 1 is 1.22 bits per heavy atom. The zero-order chi connectivity index (χ0) is 19.4. The number of nitrogens with zero attached hydrogens (tertiary/aromatic N) is 1. The van der Waals surface area contributed by atoms with Gasteiger partial charge in [0.1, 0.15) is 16.5 Å². The van der Waals surface area contributed by atoms with Gasteiger partial charge in [-0.2, -0.15) is 0 Å². The summed E-state index contributed by atoms with van der Waals surface area (Å²) in [5, 5.41) is 0. The molecule has 0 bridgehead atoms. The van der Waals surface area contributed by atoms with Crippen molar-refractivity contribution in [2.24, 2.45) is 5.92 Å². The molecule has 0 amide bonds. The summed E-state index contributed by atoms with van der Waals surface area (Å²) in [5.41, 5.74) is 1.99. The highest BCUT2D eigenvalue weighted by Crippen LogP contribution is 2.25. The van der Waals surface area contributed by atoms with Gasteiger partial charge in [0, 0.05) is 25.3 Å². The van der Waals surface area contributed by atoms with Crippen LogP contribution in [0.3, 0.4) is 0 Å². The molecule has 2 aromatic carbocycles. The maximum atomic E-state index is 13.5. The van der Waals surface area contributed by atoms with Crippen molar-refractivity contribution >= 4 is 15.7 Å². The van der Waals surface area contributed by atoms with Crippen molar-refractivity contribution in [3.8, 4) is 5.75 Å². The summed E-state index contributed by atoms with van der Waals surface area (Å²) in [7, 11) is -2.53. The van der Waals surface area contributed by atoms with Gasteiger partial charge in [-0.05, 0) is 54.7 Å². The Balaban J connectivity index is 1.68. The highest BCUT2D eigenvalue weighted by Gasteiger charge is 2.20. The monoisotopic (exact) mass is 392 g/mol. The van der Waals surface area contributed by atoms with Crippen LogP contribution in [-0.4, -0.2) is 28.6 Å². The van der Waals surface area contributed by atoms with Crippen molar-refractivity contribution in [1.29, 1.82) is 0 Å². The van der Waals surface area contributed by atoms with E-state index in [2.05, 4.69) is 16.5 Å². The summed E-state index contributed by atoms with van der Waals surface area (Å²) in [5.74, 6) is 0.168. The number of sulfonamides is 1. The summed E-state index contributed by atoms with van der Waals surface area (Å²) in [6.07, 6.45) is 2.46. The zero-order valence-corrected chi connectivity index (χ0v) is 16.4. The molecule has 0 aromatic heterocycles. The molecule has 0 aliphatic carbocycles. The number of ether oxygens (including phenoxy) is 1. The first-order valence-corrected chi connectivity index (χ1v) is 10.5. The maximum absolute atomic E-state index is 13.5. The molecule has 146 valence electrons. The number of hydrogen-bond acceptors (Lipinski definition) is 4. The van der Waals surface area contributed by atoms with E-state index in [0.29, 0.717) is 5.92 Å². The zero-order valence-electron chi connectivity index (χ0n) is 15.6. The molecule has 7 heteroatoms. The molecule has 1 aliphatic heterocycles. The molecule has 1 N–H and O–H groups in total. The van der Waals surface area contributed by atoms with Crippen LogP contribution in [0.25, 0.3) is 0 Å². The average Bonchev–Trinajstić information content (AvgIpc) is 2.67. The SMILES string of the molecule is COc1ccc(F)cc1S(=O)(=O)NCc1ccc(N2CCC[C@H](C)C2)cc1. The number of nitrogens with one attached hydrogen (secondary N) is 1. The molecule has 3 rings (SSSR count). The lowest BCUT2D eigenvalue weighted by Crippen LogP contribution is -2.34. The van der Waals surface area contributed by atoms with Crippen molar-refractivity contribution in [3.05, 3.63) is 53.8 Å². The minimum atomic E-state index is -3.89.